The molecular weight excluding hydrogens is 186 g/mol. The van der Waals surface area contributed by atoms with Crippen LogP contribution in [0.1, 0.15) is 5.56 Å². The molecule has 0 bridgehead atoms. The lowest BCUT2D eigenvalue weighted by Crippen LogP contribution is -2.35. The summed E-state index contributed by atoms with van der Waals surface area (Å²) in [6.07, 6.45) is 0. The van der Waals surface area contributed by atoms with Gasteiger partial charge in [0.05, 0.1) is 28.3 Å². The number of quaternary nitrogens is 1. The lowest BCUT2D eigenvalue weighted by molar-refractivity contribution is -0.862. The van der Waals surface area contributed by atoms with E-state index in [0.717, 1.165) is 22.4 Å². The lowest BCUT2D eigenvalue weighted by Gasteiger charge is -2.25. The zero-order valence-electron chi connectivity index (χ0n) is 10.1. The predicted octanol–water partition coefficient (Wildman–Crippen LogP) is 2.41. The lowest BCUT2D eigenvalue weighted by atomic mass is 10.1. The van der Waals surface area contributed by atoms with Crippen molar-refractivity contribution in [3.05, 3.63) is 36.4 Å². The van der Waals surface area contributed by atoms with Crippen molar-refractivity contribution in [1.29, 1.82) is 0 Å². The molecule has 2 heteroatoms. The Kier molecular flexibility index (Phi) is 3.53. The second-order valence-corrected chi connectivity index (χ2v) is 4.78. The minimum atomic E-state index is 0.886. The summed E-state index contributed by atoms with van der Waals surface area (Å²) in [7, 11) is 8.16. The molecule has 0 aliphatic heterocycles. The molecule has 0 spiro atoms. The van der Waals surface area contributed by atoms with E-state index in [-0.39, 0.29) is 0 Å². The molecule has 0 heterocycles. The van der Waals surface area contributed by atoms with Gasteiger partial charge in [-0.05, 0) is 17.7 Å². The van der Waals surface area contributed by atoms with Crippen LogP contribution in [0.5, 0.6) is 5.75 Å². The molecule has 0 saturated carbocycles. The minimum absolute atomic E-state index is 0.886. The van der Waals surface area contributed by atoms with Gasteiger partial charge in [0.25, 0.3) is 0 Å². The molecule has 1 rings (SSSR count). The molecule has 0 N–H and O–H groups in total. The van der Waals surface area contributed by atoms with Gasteiger partial charge in [-0.1, -0.05) is 18.7 Å². The van der Waals surface area contributed by atoms with Crippen LogP contribution in [0.25, 0.3) is 5.57 Å². The van der Waals surface area contributed by atoms with E-state index in [2.05, 4.69) is 39.9 Å². The zero-order valence-corrected chi connectivity index (χ0v) is 10.1. The van der Waals surface area contributed by atoms with E-state index in [1.807, 2.05) is 12.1 Å². The predicted molar refractivity (Wildman–Crippen MR) is 64.9 cm³/mol. The Hall–Kier alpha value is -1.28. The summed E-state index contributed by atoms with van der Waals surface area (Å²) in [5.41, 5.74) is 2.34. The maximum absolute atomic E-state index is 5.12. The molecule has 82 valence electrons. The third-order valence-electron chi connectivity index (χ3n) is 2.16. The van der Waals surface area contributed by atoms with Crippen LogP contribution in [0.4, 0.5) is 0 Å². The van der Waals surface area contributed by atoms with Crippen molar-refractivity contribution in [2.24, 2.45) is 0 Å². The SMILES string of the molecule is C=C(C[N+](C)(C)C)c1ccc(OC)cc1. The Balaban J connectivity index is 2.75. The van der Waals surface area contributed by atoms with Gasteiger partial charge in [0, 0.05) is 5.57 Å². The van der Waals surface area contributed by atoms with E-state index in [4.69, 9.17) is 4.74 Å². The van der Waals surface area contributed by atoms with Crippen molar-refractivity contribution >= 4 is 5.57 Å². The van der Waals surface area contributed by atoms with Crippen LogP contribution in [0, 0.1) is 0 Å². The van der Waals surface area contributed by atoms with Crippen LogP contribution in [0.2, 0.25) is 0 Å². The highest BCUT2D eigenvalue weighted by Gasteiger charge is 2.10. The highest BCUT2D eigenvalue weighted by Crippen LogP contribution is 2.18. The first-order valence-corrected chi connectivity index (χ1v) is 5.05. The third kappa shape index (κ3) is 3.76. The van der Waals surface area contributed by atoms with E-state index in [1.54, 1.807) is 7.11 Å². The van der Waals surface area contributed by atoms with Gasteiger partial charge in [0.1, 0.15) is 12.3 Å². The number of rotatable bonds is 4. The molecule has 15 heavy (non-hydrogen) atoms. The number of ether oxygens (including phenoxy) is 1. The molecule has 0 aromatic heterocycles. The van der Waals surface area contributed by atoms with Crippen molar-refractivity contribution in [1.82, 2.24) is 0 Å². The zero-order chi connectivity index (χ0) is 11.5. The standard InChI is InChI=1S/C13H20NO/c1-11(10-14(2,3)4)12-6-8-13(15-5)9-7-12/h6-9H,1,10H2,2-5H3/q+1. The molecule has 1 aromatic rings. The van der Waals surface area contributed by atoms with Crippen LogP contribution < -0.4 is 4.74 Å². The Bertz CT molecular complexity index is 333. The van der Waals surface area contributed by atoms with Gasteiger partial charge in [-0.15, -0.1) is 0 Å². The monoisotopic (exact) mass is 206 g/mol. The smallest absolute Gasteiger partial charge is 0.118 e. The van der Waals surface area contributed by atoms with Crippen molar-refractivity contribution < 1.29 is 9.22 Å². The second kappa shape index (κ2) is 4.49. The van der Waals surface area contributed by atoms with Gasteiger partial charge < -0.3 is 9.22 Å². The average Bonchev–Trinajstić information content (AvgIpc) is 2.15. The van der Waals surface area contributed by atoms with E-state index < -0.39 is 0 Å². The second-order valence-electron chi connectivity index (χ2n) is 4.78. The minimum Gasteiger partial charge on any atom is -0.497 e. The van der Waals surface area contributed by atoms with E-state index >= 15 is 0 Å². The van der Waals surface area contributed by atoms with Crippen LogP contribution in [-0.4, -0.2) is 39.3 Å². The summed E-state index contributed by atoms with van der Waals surface area (Å²) < 4.78 is 6.01. The van der Waals surface area contributed by atoms with Crippen LogP contribution in [0.3, 0.4) is 0 Å². The largest absolute Gasteiger partial charge is 0.497 e. The van der Waals surface area contributed by atoms with Gasteiger partial charge >= 0.3 is 0 Å². The van der Waals surface area contributed by atoms with Crippen molar-refractivity contribution in [2.75, 3.05) is 34.8 Å². The van der Waals surface area contributed by atoms with Gasteiger partial charge in [-0.3, -0.25) is 0 Å². The maximum Gasteiger partial charge on any atom is 0.118 e. The first kappa shape index (κ1) is 11.8. The van der Waals surface area contributed by atoms with E-state index in [9.17, 15) is 0 Å². The molecule has 0 aliphatic carbocycles. The van der Waals surface area contributed by atoms with E-state index in [0.29, 0.717) is 0 Å². The normalized spacial score (nSPS) is 11.2. The Morgan fingerprint density at radius 1 is 1.20 bits per heavy atom. The molecule has 0 saturated heterocycles. The fourth-order valence-corrected chi connectivity index (χ4v) is 1.49. The molecule has 0 atom stereocenters. The number of hydrogen-bond donors (Lipinski definition) is 0. The van der Waals surface area contributed by atoms with Gasteiger partial charge in [-0.2, -0.15) is 0 Å². The van der Waals surface area contributed by atoms with Crippen molar-refractivity contribution in [3.63, 3.8) is 0 Å². The Morgan fingerprint density at radius 3 is 2.13 bits per heavy atom. The molecule has 2 nitrogen and oxygen atoms in total. The van der Waals surface area contributed by atoms with Crippen molar-refractivity contribution in [2.45, 2.75) is 0 Å². The van der Waals surface area contributed by atoms with Gasteiger partial charge in [0.2, 0.25) is 0 Å². The number of hydrogen-bond acceptors (Lipinski definition) is 1. The first-order chi connectivity index (χ1) is 6.92. The van der Waals surface area contributed by atoms with E-state index in [1.165, 1.54) is 5.56 Å². The topological polar surface area (TPSA) is 9.23 Å². The molecule has 0 unspecified atom stereocenters. The van der Waals surface area contributed by atoms with Crippen LogP contribution in [-0.2, 0) is 0 Å². The van der Waals surface area contributed by atoms with Gasteiger partial charge in [0.15, 0.2) is 0 Å². The highest BCUT2D eigenvalue weighted by atomic mass is 16.5. The molecule has 1 aromatic carbocycles. The summed E-state index contributed by atoms with van der Waals surface area (Å²) >= 11 is 0. The summed E-state index contributed by atoms with van der Waals surface area (Å²) in [5.74, 6) is 0.886. The third-order valence-corrected chi connectivity index (χ3v) is 2.16. The maximum atomic E-state index is 5.12. The van der Waals surface area contributed by atoms with Crippen LogP contribution >= 0.6 is 0 Å². The molecule has 0 fully saturated rings. The molecule has 0 aliphatic rings. The Morgan fingerprint density at radius 2 is 1.73 bits per heavy atom. The number of benzene rings is 1. The quantitative estimate of drug-likeness (QED) is 0.687. The summed E-state index contributed by atoms with van der Waals surface area (Å²) in [6.45, 7) is 5.06. The number of nitrogens with zero attached hydrogens (tertiary/aromatic N) is 1. The van der Waals surface area contributed by atoms with Crippen molar-refractivity contribution in [3.8, 4) is 5.75 Å². The molecule has 0 radical (unpaired) electrons. The summed E-state index contributed by atoms with van der Waals surface area (Å²) in [6, 6.07) is 8.04. The van der Waals surface area contributed by atoms with Gasteiger partial charge in [-0.25, -0.2) is 0 Å². The van der Waals surface area contributed by atoms with Crippen LogP contribution in [0.15, 0.2) is 30.8 Å². The summed E-state index contributed by atoms with van der Waals surface area (Å²) in [5, 5.41) is 0. The number of likely N-dealkylation sites (N-methyl/N-ethyl adjacent to an activating group) is 1. The number of methoxy groups -OCH3 is 1. The first-order valence-electron chi connectivity index (χ1n) is 5.05. The summed E-state index contributed by atoms with van der Waals surface area (Å²) in [4.78, 5) is 0. The Labute approximate surface area is 92.4 Å². The average molecular weight is 206 g/mol. The fraction of sp³-hybridized carbons (Fsp3) is 0.385. The fourth-order valence-electron chi connectivity index (χ4n) is 1.49. The molecule has 0 amide bonds. The molecular formula is C13H20NO+. The highest BCUT2D eigenvalue weighted by molar-refractivity contribution is 5.64.